The Hall–Kier alpha value is -0.650. The zero-order valence-corrected chi connectivity index (χ0v) is 20.3. The van der Waals surface area contributed by atoms with E-state index in [9.17, 15) is 15.3 Å². The molecule has 3 rings (SSSR count). The first kappa shape index (κ1) is 24.0. The number of hydrogen-bond acceptors (Lipinski definition) is 3. The lowest BCUT2D eigenvalue weighted by Crippen LogP contribution is -2.37. The molecule has 0 radical (unpaired) electrons. The van der Waals surface area contributed by atoms with Crippen molar-refractivity contribution >= 4 is 9.24 Å². The predicted molar refractivity (Wildman–Crippen MR) is 127 cm³/mol. The highest BCUT2D eigenvalue weighted by Crippen LogP contribution is 2.59. The van der Waals surface area contributed by atoms with E-state index in [2.05, 4.69) is 47.1 Å². The van der Waals surface area contributed by atoms with Crippen molar-refractivity contribution in [2.75, 3.05) is 0 Å². The average Bonchev–Trinajstić information content (AvgIpc) is 3.00. The third-order valence-corrected chi connectivity index (χ3v) is 8.80. The predicted octanol–water partition coefficient (Wildman–Crippen LogP) is 4.62. The van der Waals surface area contributed by atoms with E-state index in [4.69, 9.17) is 0 Å². The van der Waals surface area contributed by atoms with E-state index in [1.807, 2.05) is 0 Å². The van der Waals surface area contributed by atoms with Crippen LogP contribution in [0.2, 0.25) is 0 Å². The molecule has 4 heteroatoms. The molecule has 0 heterocycles. The molecule has 30 heavy (non-hydrogen) atoms. The molecule has 7 atom stereocenters. The third-order valence-electron chi connectivity index (χ3n) is 7.91. The quantitative estimate of drug-likeness (QED) is 0.451. The molecule has 3 nitrogen and oxygen atoms in total. The normalized spacial score (nSPS) is 39.3. The summed E-state index contributed by atoms with van der Waals surface area (Å²) in [4.78, 5) is 0. The first-order valence-electron chi connectivity index (χ1n) is 11.7. The average molecular weight is 433 g/mol. The Morgan fingerprint density at radius 1 is 1.20 bits per heavy atom. The fourth-order valence-corrected chi connectivity index (χ4v) is 6.57. The minimum absolute atomic E-state index is 0.121. The number of aliphatic hydroxyl groups excluding tert-OH is 2. The van der Waals surface area contributed by atoms with Gasteiger partial charge in [0.1, 0.15) is 5.60 Å². The maximum absolute atomic E-state index is 10.2. The molecule has 3 saturated carbocycles. The molecule has 3 fully saturated rings. The zero-order valence-electron chi connectivity index (χ0n) is 19.2. The topological polar surface area (TPSA) is 60.7 Å². The van der Waals surface area contributed by atoms with Gasteiger partial charge in [-0.25, -0.2) is 0 Å². The molecule has 3 N–H and O–H groups in total. The van der Waals surface area contributed by atoms with Gasteiger partial charge in [0.25, 0.3) is 0 Å². The lowest BCUT2D eigenvalue weighted by atomic mass is 9.61. The van der Waals surface area contributed by atoms with Gasteiger partial charge in [-0.15, -0.1) is 15.2 Å². The van der Waals surface area contributed by atoms with Crippen LogP contribution in [0, 0.1) is 35.0 Å². The van der Waals surface area contributed by atoms with Crippen LogP contribution in [0.4, 0.5) is 0 Å². The lowest BCUT2D eigenvalue weighted by Gasteiger charge is -2.44. The van der Waals surface area contributed by atoms with E-state index in [1.54, 1.807) is 19.4 Å². The van der Waals surface area contributed by atoms with Gasteiger partial charge in [0.05, 0.1) is 12.2 Å². The first-order chi connectivity index (χ1) is 14.0. The van der Waals surface area contributed by atoms with Crippen LogP contribution in [-0.2, 0) is 0 Å². The second-order valence-electron chi connectivity index (χ2n) is 10.8. The molecule has 0 saturated heterocycles. The Bertz CT molecular complexity index is 724. The van der Waals surface area contributed by atoms with Gasteiger partial charge in [0.2, 0.25) is 0 Å². The molecule has 3 aliphatic carbocycles. The van der Waals surface area contributed by atoms with Gasteiger partial charge in [-0.1, -0.05) is 43.1 Å². The summed E-state index contributed by atoms with van der Waals surface area (Å²) in [5.41, 5.74) is 2.02. The minimum Gasteiger partial charge on any atom is -0.392 e. The van der Waals surface area contributed by atoms with Crippen LogP contribution >= 0.6 is 9.24 Å². The first-order valence-corrected chi connectivity index (χ1v) is 12.4. The number of fused-ring (bicyclic) bond motifs is 1. The Kier molecular flexibility index (Phi) is 7.57. The molecule has 3 aliphatic rings. The van der Waals surface area contributed by atoms with Gasteiger partial charge < -0.3 is 15.3 Å². The van der Waals surface area contributed by atoms with Crippen molar-refractivity contribution in [1.29, 1.82) is 0 Å². The second-order valence-corrected chi connectivity index (χ2v) is 11.6. The van der Waals surface area contributed by atoms with Gasteiger partial charge in [0.15, 0.2) is 0 Å². The summed E-state index contributed by atoms with van der Waals surface area (Å²) < 4.78 is 0. The van der Waals surface area contributed by atoms with E-state index in [-0.39, 0.29) is 5.66 Å². The molecule has 1 unspecified atom stereocenters. The van der Waals surface area contributed by atoms with Crippen LogP contribution in [0.15, 0.2) is 23.3 Å². The molecule has 168 valence electrons. The number of allylic oxidation sites excluding steroid dienone is 3. The fraction of sp³-hybridized carbons (Fsp3) is 0.769. The van der Waals surface area contributed by atoms with Crippen LogP contribution in [-0.4, -0.2) is 38.8 Å². The molecular weight excluding hydrogens is 391 g/mol. The highest BCUT2D eigenvalue weighted by Gasteiger charge is 2.50. The van der Waals surface area contributed by atoms with E-state index >= 15 is 0 Å². The lowest BCUT2D eigenvalue weighted by molar-refractivity contribution is 0.0687. The number of hydrogen-bond donors (Lipinski definition) is 3. The van der Waals surface area contributed by atoms with Crippen LogP contribution in [0.25, 0.3) is 0 Å². The third kappa shape index (κ3) is 5.39. The summed E-state index contributed by atoms with van der Waals surface area (Å²) in [5, 5.41) is 30.3. The number of rotatable bonds is 3. The largest absolute Gasteiger partial charge is 0.392 e. The number of aliphatic hydroxyl groups is 3. The monoisotopic (exact) mass is 432 g/mol. The van der Waals surface area contributed by atoms with Gasteiger partial charge >= 0.3 is 0 Å². The summed E-state index contributed by atoms with van der Waals surface area (Å²) in [6, 6.07) is 0. The Morgan fingerprint density at radius 3 is 2.50 bits per heavy atom. The van der Waals surface area contributed by atoms with E-state index in [1.165, 1.54) is 37.7 Å². The van der Waals surface area contributed by atoms with Crippen molar-refractivity contribution in [1.82, 2.24) is 0 Å². The highest BCUT2D eigenvalue weighted by molar-refractivity contribution is 7.17. The fourth-order valence-electron chi connectivity index (χ4n) is 6.30. The maximum atomic E-state index is 10.2. The summed E-state index contributed by atoms with van der Waals surface area (Å²) in [5.74, 6) is 8.05. The smallest absolute Gasteiger partial charge is 0.119 e. The van der Waals surface area contributed by atoms with Crippen molar-refractivity contribution in [3.05, 3.63) is 23.3 Å². The summed E-state index contributed by atoms with van der Waals surface area (Å²) in [6.07, 6.45) is 11.9. The van der Waals surface area contributed by atoms with Gasteiger partial charge in [-0.05, 0) is 82.0 Å². The minimum atomic E-state index is -0.910. The van der Waals surface area contributed by atoms with Crippen LogP contribution in [0.5, 0.6) is 0 Å². The van der Waals surface area contributed by atoms with Gasteiger partial charge in [-0.2, -0.15) is 0 Å². The highest BCUT2D eigenvalue weighted by atomic mass is 31.0. The Morgan fingerprint density at radius 2 is 1.87 bits per heavy atom. The van der Waals surface area contributed by atoms with Crippen molar-refractivity contribution in [3.63, 3.8) is 0 Å². The van der Waals surface area contributed by atoms with Crippen molar-refractivity contribution < 1.29 is 15.3 Å². The standard InChI is InChI=1S/C26H41O3P/c1-17(7-5-13-25(2,3)29)20-11-12-21-19(8-6-14-26(20,21)4)10-9-18-15-22(27)24(30)23(28)16-18/h9-10,17,20-24,27-29H,6-8,11-12,14-16,30H2,1-4H3/b18-9?,19-10+/t17-,20-,21+,22-,23-,24?,26-/m1/s1. The van der Waals surface area contributed by atoms with Crippen LogP contribution in [0.3, 0.4) is 0 Å². The summed E-state index contributed by atoms with van der Waals surface area (Å²) in [7, 11) is 2.59. The van der Waals surface area contributed by atoms with Crippen molar-refractivity contribution in [3.8, 4) is 11.8 Å². The molecule has 0 aromatic carbocycles. The molecule has 0 aromatic heterocycles. The molecule has 0 aliphatic heterocycles. The Balaban J connectivity index is 1.72. The zero-order chi connectivity index (χ0) is 22.1. The van der Waals surface area contributed by atoms with Gasteiger partial charge in [0, 0.05) is 12.1 Å². The van der Waals surface area contributed by atoms with E-state index < -0.39 is 17.8 Å². The van der Waals surface area contributed by atoms with Gasteiger partial charge in [-0.3, -0.25) is 0 Å². The molecule has 0 spiro atoms. The molecule has 0 aromatic rings. The maximum Gasteiger partial charge on any atom is 0.119 e. The molecule has 0 amide bonds. The summed E-state index contributed by atoms with van der Waals surface area (Å²) in [6.45, 7) is 8.31. The van der Waals surface area contributed by atoms with Crippen molar-refractivity contribution in [2.24, 2.45) is 23.2 Å². The SMILES string of the molecule is C[C@H](CC#CC(C)(C)O)[C@H]1CC[C@H]2/C(=C/C=C3C[C@@H](O)C(P)[C@H](O)C3)CCC[C@]12C. The van der Waals surface area contributed by atoms with Crippen LogP contribution in [0.1, 0.15) is 79.1 Å². The molecule has 0 bridgehead atoms. The molecular formula is C26H41O3P. The second kappa shape index (κ2) is 9.46. The summed E-state index contributed by atoms with van der Waals surface area (Å²) >= 11 is 0. The van der Waals surface area contributed by atoms with Crippen molar-refractivity contribution in [2.45, 2.75) is 103 Å². The van der Waals surface area contributed by atoms with Crippen LogP contribution < -0.4 is 0 Å². The Labute approximate surface area is 185 Å². The van der Waals surface area contributed by atoms with E-state index in [0.29, 0.717) is 36.0 Å². The van der Waals surface area contributed by atoms with E-state index in [0.717, 1.165) is 6.42 Å².